The van der Waals surface area contributed by atoms with Crippen molar-refractivity contribution < 1.29 is 47.9 Å². The number of aliphatic hydroxyl groups excluding tert-OH is 1. The zero-order chi connectivity index (χ0) is 38.3. The SMILES string of the molecule is CC(=O)CCC(=O)O[C@H]1[C@H](O[C@H]2CC[C@@]3(C)C(=CC[C@H]4[C@@H]5C[C@@H]6O[C@]7(CC[C@@H](C)CO7)[C@@H](C)[C@@H]6[C@@]5(C)CC[C@@H]43)C2)O[C@@H]2CO[C@@H](c3ccccc3)O[C@H]2[C@@H]1O. The molecule has 0 radical (unpaired) electrons. The van der Waals surface area contributed by atoms with E-state index in [-0.39, 0.29) is 48.0 Å². The second-order valence-electron chi connectivity index (χ2n) is 19.1. The van der Waals surface area contributed by atoms with Gasteiger partial charge in [0.05, 0.1) is 31.8 Å². The lowest BCUT2D eigenvalue weighted by molar-refractivity contribution is -0.367. The average molecular weight is 763 g/mol. The number of allylic oxidation sites excluding steroid dienone is 1. The molecular weight excluding hydrogens is 700 g/mol. The predicted octanol–water partition coefficient (Wildman–Crippen LogP) is 7.22. The van der Waals surface area contributed by atoms with Gasteiger partial charge >= 0.3 is 5.97 Å². The van der Waals surface area contributed by atoms with E-state index >= 15 is 0 Å². The molecule has 4 heterocycles. The molecule has 1 aromatic carbocycles. The molecule has 0 unspecified atom stereocenters. The van der Waals surface area contributed by atoms with Gasteiger partial charge in [-0.2, -0.15) is 0 Å². The van der Waals surface area contributed by atoms with Crippen molar-refractivity contribution in [2.24, 2.45) is 46.3 Å². The maximum Gasteiger partial charge on any atom is 0.306 e. The van der Waals surface area contributed by atoms with Crippen LogP contribution in [0, 0.1) is 46.3 Å². The number of rotatable bonds is 7. The van der Waals surface area contributed by atoms with Crippen LogP contribution in [0.4, 0.5) is 0 Å². The summed E-state index contributed by atoms with van der Waals surface area (Å²) < 4.78 is 44.9. The highest BCUT2D eigenvalue weighted by molar-refractivity contribution is 5.81. The highest BCUT2D eigenvalue weighted by Crippen LogP contribution is 2.70. The Balaban J connectivity index is 0.889. The number of fused-ring (bicyclic) bond motifs is 8. The van der Waals surface area contributed by atoms with Crippen molar-refractivity contribution in [1.82, 2.24) is 0 Å². The number of carbonyl (C=O) groups excluding carboxylic acids is 2. The Kier molecular flexibility index (Phi) is 10.2. The van der Waals surface area contributed by atoms with E-state index in [1.54, 1.807) is 0 Å². The molecule has 10 heteroatoms. The van der Waals surface area contributed by atoms with E-state index in [0.717, 1.165) is 50.7 Å². The molecule has 1 aromatic rings. The molecule has 1 spiro atoms. The van der Waals surface area contributed by atoms with Gasteiger partial charge in [0.15, 0.2) is 24.5 Å². The predicted molar refractivity (Wildman–Crippen MR) is 201 cm³/mol. The molecule has 7 fully saturated rings. The normalized spacial score (nSPS) is 48.8. The fourth-order valence-corrected chi connectivity index (χ4v) is 13.0. The van der Waals surface area contributed by atoms with Crippen molar-refractivity contribution in [2.75, 3.05) is 13.2 Å². The lowest BCUT2D eigenvalue weighted by Gasteiger charge is -2.58. The van der Waals surface area contributed by atoms with E-state index in [1.807, 2.05) is 30.3 Å². The maximum absolute atomic E-state index is 13.0. The third-order valence-electron chi connectivity index (χ3n) is 16.0. The Labute approximate surface area is 326 Å². The van der Waals surface area contributed by atoms with Crippen LogP contribution in [0.25, 0.3) is 0 Å². The number of hydrogen-bond acceptors (Lipinski definition) is 10. The third-order valence-corrected chi connectivity index (χ3v) is 16.0. The molecule has 17 atom stereocenters. The topological polar surface area (TPSA) is 119 Å². The second-order valence-corrected chi connectivity index (χ2v) is 19.1. The number of esters is 1. The molecule has 9 rings (SSSR count). The van der Waals surface area contributed by atoms with Gasteiger partial charge in [-0.25, -0.2) is 0 Å². The molecule has 0 amide bonds. The van der Waals surface area contributed by atoms with Gasteiger partial charge < -0.3 is 43.1 Å². The number of Topliss-reactive ketones (excluding diaryl/α,β-unsaturated/α-hetero) is 1. The van der Waals surface area contributed by atoms with E-state index in [0.29, 0.717) is 41.6 Å². The summed E-state index contributed by atoms with van der Waals surface area (Å²) in [5.41, 5.74) is 2.67. The molecule has 4 aliphatic heterocycles. The Morgan fingerprint density at radius 1 is 0.945 bits per heavy atom. The molecule has 1 N–H and O–H groups in total. The Morgan fingerprint density at radius 3 is 2.53 bits per heavy atom. The summed E-state index contributed by atoms with van der Waals surface area (Å²) in [6, 6.07) is 9.55. The van der Waals surface area contributed by atoms with Crippen LogP contribution in [0.2, 0.25) is 0 Å². The smallest absolute Gasteiger partial charge is 0.306 e. The summed E-state index contributed by atoms with van der Waals surface area (Å²) in [7, 11) is 0. The summed E-state index contributed by atoms with van der Waals surface area (Å²) in [6.07, 6.45) is 6.82. The van der Waals surface area contributed by atoms with E-state index in [1.165, 1.54) is 31.8 Å². The zero-order valence-corrected chi connectivity index (χ0v) is 33.4. The molecule has 4 saturated heterocycles. The van der Waals surface area contributed by atoms with Crippen molar-refractivity contribution >= 4 is 11.8 Å². The monoisotopic (exact) mass is 762 g/mol. The van der Waals surface area contributed by atoms with E-state index in [9.17, 15) is 14.7 Å². The molecule has 3 saturated carbocycles. The second kappa shape index (κ2) is 14.6. The van der Waals surface area contributed by atoms with Crippen molar-refractivity contribution in [1.29, 1.82) is 0 Å². The first-order chi connectivity index (χ1) is 26.4. The van der Waals surface area contributed by atoms with E-state index in [4.69, 9.17) is 33.2 Å². The number of ether oxygens (including phenoxy) is 7. The number of ketones is 1. The Hall–Kier alpha value is -2.18. The minimum atomic E-state index is -1.21. The van der Waals surface area contributed by atoms with Crippen LogP contribution in [0.3, 0.4) is 0 Å². The van der Waals surface area contributed by atoms with E-state index < -0.39 is 43.0 Å². The number of carbonyl (C=O) groups is 2. The summed E-state index contributed by atoms with van der Waals surface area (Å²) in [6.45, 7) is 12.3. The fourth-order valence-electron chi connectivity index (χ4n) is 13.0. The Bertz CT molecular complexity index is 1620. The zero-order valence-electron chi connectivity index (χ0n) is 33.4. The molecule has 302 valence electrons. The molecule has 0 aromatic heterocycles. The molecule has 4 aliphatic carbocycles. The molecular formula is C45H62O10. The molecule has 0 bridgehead atoms. The van der Waals surface area contributed by atoms with Crippen LogP contribution in [0.1, 0.15) is 117 Å². The lowest BCUT2D eigenvalue weighted by Crippen LogP contribution is -2.63. The summed E-state index contributed by atoms with van der Waals surface area (Å²) in [4.78, 5) is 24.7. The standard InChI is InChI=1S/C45H62O10/c1-25-15-20-45(50-23-25)27(3)37-34(55-45)22-33-31-13-12-29-21-30(16-18-43(29,4)32(31)17-19-44(33,37)5)51-42-40(53-36(47)14-11-26(2)46)38(48)39-35(52-42)24-49-41(54-39)28-9-7-6-8-10-28/h6-10,12,25,27,30-35,37-42,48H,11,13-24H2,1-5H3/t25-,27+,30+,31-,32+,33+,34+,35-,37+,38+,39-,40-,41-,42-,43+,44+,45-/m1/s1. The first-order valence-electron chi connectivity index (χ1n) is 21.4. The van der Waals surface area contributed by atoms with Crippen LogP contribution < -0.4 is 0 Å². The van der Waals surface area contributed by atoms with Crippen molar-refractivity contribution in [2.45, 2.75) is 160 Å². The first kappa shape index (κ1) is 38.3. The van der Waals surface area contributed by atoms with Gasteiger partial charge in [-0.15, -0.1) is 0 Å². The van der Waals surface area contributed by atoms with Crippen molar-refractivity contribution in [3.63, 3.8) is 0 Å². The third kappa shape index (κ3) is 6.58. The quantitative estimate of drug-likeness (QED) is 0.225. The van der Waals surface area contributed by atoms with Crippen LogP contribution in [0.5, 0.6) is 0 Å². The summed E-state index contributed by atoms with van der Waals surface area (Å²) in [5, 5.41) is 11.8. The molecule has 55 heavy (non-hydrogen) atoms. The summed E-state index contributed by atoms with van der Waals surface area (Å²) >= 11 is 0. The van der Waals surface area contributed by atoms with Gasteiger partial charge in [-0.1, -0.05) is 69.7 Å². The number of hydrogen-bond donors (Lipinski definition) is 1. The minimum absolute atomic E-state index is 0.0694. The highest BCUT2D eigenvalue weighted by Gasteiger charge is 2.68. The van der Waals surface area contributed by atoms with Gasteiger partial charge in [0.1, 0.15) is 24.1 Å². The first-order valence-corrected chi connectivity index (χ1v) is 21.4. The van der Waals surface area contributed by atoms with Gasteiger partial charge in [0.25, 0.3) is 0 Å². The van der Waals surface area contributed by atoms with Crippen LogP contribution in [-0.2, 0) is 42.7 Å². The fraction of sp³-hybridized carbons (Fsp3) is 0.778. The largest absolute Gasteiger partial charge is 0.454 e. The molecule has 10 nitrogen and oxygen atoms in total. The van der Waals surface area contributed by atoms with Gasteiger partial charge in [0, 0.05) is 24.3 Å². The van der Waals surface area contributed by atoms with Crippen molar-refractivity contribution in [3.05, 3.63) is 47.5 Å². The average Bonchev–Trinajstić information content (AvgIpc) is 3.62. The van der Waals surface area contributed by atoms with Gasteiger partial charge in [-0.05, 0) is 98.7 Å². The van der Waals surface area contributed by atoms with Gasteiger partial charge in [0.2, 0.25) is 0 Å². The van der Waals surface area contributed by atoms with Crippen molar-refractivity contribution in [3.8, 4) is 0 Å². The maximum atomic E-state index is 13.0. The highest BCUT2D eigenvalue weighted by atomic mass is 16.8. The molecule has 8 aliphatic rings. The van der Waals surface area contributed by atoms with Crippen LogP contribution >= 0.6 is 0 Å². The van der Waals surface area contributed by atoms with Crippen LogP contribution in [-0.4, -0.2) is 78.8 Å². The van der Waals surface area contributed by atoms with E-state index in [2.05, 4.69) is 33.8 Å². The number of benzene rings is 1. The van der Waals surface area contributed by atoms with Gasteiger partial charge in [-0.3, -0.25) is 4.79 Å². The Morgan fingerprint density at radius 2 is 1.76 bits per heavy atom. The number of aliphatic hydroxyl groups is 1. The lowest BCUT2D eigenvalue weighted by atomic mass is 9.47. The summed E-state index contributed by atoms with van der Waals surface area (Å²) in [5.74, 6) is 2.43. The minimum Gasteiger partial charge on any atom is -0.454 e. The van der Waals surface area contributed by atoms with Crippen LogP contribution in [0.15, 0.2) is 42.0 Å².